The smallest absolute Gasteiger partial charge is 0.394 e. The van der Waals surface area contributed by atoms with E-state index >= 15 is 0 Å². The molecule has 0 aliphatic carbocycles. The molecule has 1 unspecified atom stereocenters. The number of rotatable bonds is 3. The zero-order valence-electron chi connectivity index (χ0n) is 9.45. The highest BCUT2D eigenvalue weighted by Gasteiger charge is 2.06. The third-order valence-electron chi connectivity index (χ3n) is 1.18. The van der Waals surface area contributed by atoms with Crippen LogP contribution in [0, 0.1) is 0 Å². The fraction of sp³-hybridized carbons (Fsp3) is 0.571. The molecular weight excluding hydrogens is 240 g/mol. The number of esters is 1. The summed E-state index contributed by atoms with van der Waals surface area (Å²) in [4.78, 5) is 12.4. The quantitative estimate of drug-likeness (QED) is 0.281. The molecule has 0 fully saturated rings. The minimum absolute atomic E-state index is 0. The van der Waals surface area contributed by atoms with Gasteiger partial charge < -0.3 is 10.9 Å². The van der Waals surface area contributed by atoms with Crippen LogP contribution in [-0.4, -0.2) is 48.7 Å². The van der Waals surface area contributed by atoms with Crippen molar-refractivity contribution in [3.05, 3.63) is 12.7 Å². The molecule has 0 aromatic carbocycles. The second kappa shape index (κ2) is 9.24. The van der Waals surface area contributed by atoms with Gasteiger partial charge in [0.15, 0.2) is 6.23 Å². The maximum atomic E-state index is 10.6. The molecule has 0 rings (SSSR count). The molecule has 0 saturated heterocycles. The Kier molecular flexibility index (Phi) is 11.8. The molecule has 0 aliphatic rings. The van der Waals surface area contributed by atoms with Crippen LogP contribution in [0.15, 0.2) is 12.7 Å². The summed E-state index contributed by atoms with van der Waals surface area (Å²) in [5.41, 5.74) is 0. The maximum Gasteiger partial charge on any atom is 0.394 e. The van der Waals surface area contributed by atoms with Crippen molar-refractivity contribution < 1.29 is 27.1 Å². The average molecular weight is 258 g/mol. The average Bonchev–Trinajstić information content (AvgIpc) is 2.00. The van der Waals surface area contributed by atoms with Crippen LogP contribution in [0.3, 0.4) is 0 Å². The third kappa shape index (κ3) is 23.1. The predicted octanol–water partition coefficient (Wildman–Crippen LogP) is 0.132. The molecule has 9 heteroatoms. The van der Waals surface area contributed by atoms with Crippen molar-refractivity contribution in [3.8, 4) is 0 Å². The van der Waals surface area contributed by atoms with E-state index in [0.29, 0.717) is 0 Å². The molecule has 0 radical (unpaired) electrons. The predicted molar refractivity (Wildman–Crippen MR) is 58.6 cm³/mol. The molecule has 0 aliphatic heterocycles. The van der Waals surface area contributed by atoms with Gasteiger partial charge in [-0.15, -0.1) is 0 Å². The van der Waals surface area contributed by atoms with Gasteiger partial charge in [0.05, 0.1) is 0 Å². The lowest BCUT2D eigenvalue weighted by Crippen LogP contribution is -2.29. The highest BCUT2D eigenvalue weighted by Crippen LogP contribution is 1.94. The van der Waals surface area contributed by atoms with Gasteiger partial charge in [-0.2, -0.15) is 8.42 Å². The van der Waals surface area contributed by atoms with E-state index in [9.17, 15) is 4.79 Å². The van der Waals surface area contributed by atoms with Crippen molar-refractivity contribution in [3.63, 3.8) is 0 Å². The summed E-state index contributed by atoms with van der Waals surface area (Å²) in [5.74, 6) is -0.388. The Bertz CT molecular complexity index is 292. The normalized spacial score (nSPS) is 11.6. The molecule has 0 spiro atoms. The largest absolute Gasteiger partial charge is 0.444 e. The van der Waals surface area contributed by atoms with Gasteiger partial charge in [-0.05, 0) is 21.0 Å². The Labute approximate surface area is 95.0 Å². The van der Waals surface area contributed by atoms with E-state index in [2.05, 4.69) is 6.58 Å². The van der Waals surface area contributed by atoms with E-state index in [1.54, 1.807) is 11.8 Å². The molecule has 0 amide bonds. The van der Waals surface area contributed by atoms with Crippen molar-refractivity contribution in [1.29, 1.82) is 0 Å². The molecule has 0 aromatic heterocycles. The maximum absolute atomic E-state index is 10.6. The lowest BCUT2D eigenvalue weighted by Gasteiger charge is -2.18. The lowest BCUT2D eigenvalue weighted by molar-refractivity contribution is -0.149. The summed E-state index contributed by atoms with van der Waals surface area (Å²) in [5, 5.41) is 0. The van der Waals surface area contributed by atoms with Gasteiger partial charge >= 0.3 is 16.4 Å². The van der Waals surface area contributed by atoms with Crippen LogP contribution < -0.4 is 6.15 Å². The summed E-state index contributed by atoms with van der Waals surface area (Å²) in [7, 11) is -0.998. The van der Waals surface area contributed by atoms with E-state index in [0.717, 1.165) is 6.08 Å². The molecule has 98 valence electrons. The van der Waals surface area contributed by atoms with Gasteiger partial charge in [0.25, 0.3) is 0 Å². The fourth-order valence-electron chi connectivity index (χ4n) is 0.322. The standard InChI is InChI=1S/C7H13NO2.H3N.H2O4S/c1-5-7(9)10-6(2)8(3)4;;1-5(2,3)4/h5-6H,1H2,2-4H3;1H3;(H2,1,2,3,4). The molecule has 0 saturated carbocycles. The van der Waals surface area contributed by atoms with E-state index in [-0.39, 0.29) is 18.3 Å². The highest BCUT2D eigenvalue weighted by atomic mass is 32.3. The number of nitrogens with zero attached hydrogens (tertiary/aromatic N) is 1. The summed E-state index contributed by atoms with van der Waals surface area (Å²) < 4.78 is 36.4. The highest BCUT2D eigenvalue weighted by molar-refractivity contribution is 7.79. The summed E-state index contributed by atoms with van der Waals surface area (Å²) in [6.07, 6.45) is 0.963. The Morgan fingerprint density at radius 3 is 1.94 bits per heavy atom. The first-order chi connectivity index (χ1) is 6.57. The lowest BCUT2D eigenvalue weighted by atomic mass is 10.6. The van der Waals surface area contributed by atoms with Gasteiger partial charge in [-0.25, -0.2) is 4.79 Å². The van der Waals surface area contributed by atoms with Gasteiger partial charge in [0, 0.05) is 6.08 Å². The van der Waals surface area contributed by atoms with Crippen molar-refractivity contribution >= 4 is 16.4 Å². The van der Waals surface area contributed by atoms with E-state index in [1.165, 1.54) is 0 Å². The van der Waals surface area contributed by atoms with Gasteiger partial charge in [0.1, 0.15) is 0 Å². The first-order valence-corrected chi connectivity index (χ1v) is 5.17. The van der Waals surface area contributed by atoms with Crippen LogP contribution in [0.4, 0.5) is 0 Å². The Balaban J connectivity index is -0.000000242. The second-order valence-corrected chi connectivity index (χ2v) is 3.55. The zero-order chi connectivity index (χ0) is 12.6. The third-order valence-corrected chi connectivity index (χ3v) is 1.18. The van der Waals surface area contributed by atoms with Gasteiger partial charge in [-0.3, -0.25) is 14.0 Å². The Morgan fingerprint density at radius 2 is 1.75 bits per heavy atom. The van der Waals surface area contributed by atoms with Crippen LogP contribution in [0.1, 0.15) is 6.92 Å². The number of carbonyl (C=O) groups excluding carboxylic acids is 1. The van der Waals surface area contributed by atoms with Crippen LogP contribution in [0.5, 0.6) is 0 Å². The zero-order valence-corrected chi connectivity index (χ0v) is 10.3. The van der Waals surface area contributed by atoms with Gasteiger partial charge in [-0.1, -0.05) is 6.58 Å². The number of ether oxygens (including phenoxy) is 1. The first-order valence-electron chi connectivity index (χ1n) is 3.77. The van der Waals surface area contributed by atoms with E-state index in [1.807, 2.05) is 14.1 Å². The van der Waals surface area contributed by atoms with Gasteiger partial charge in [0.2, 0.25) is 0 Å². The minimum Gasteiger partial charge on any atom is -0.444 e. The summed E-state index contributed by atoms with van der Waals surface area (Å²) in [6, 6.07) is 0. The van der Waals surface area contributed by atoms with Crippen molar-refractivity contribution in [2.75, 3.05) is 14.1 Å². The Hall–Kier alpha value is -1.00. The summed E-state index contributed by atoms with van der Waals surface area (Å²) in [6.45, 7) is 5.07. The van der Waals surface area contributed by atoms with Crippen molar-refractivity contribution in [2.45, 2.75) is 13.2 Å². The van der Waals surface area contributed by atoms with Crippen LogP contribution >= 0.6 is 0 Å². The number of hydrogen-bond acceptors (Lipinski definition) is 6. The first kappa shape index (κ1) is 20.4. The van der Waals surface area contributed by atoms with Crippen LogP contribution in [-0.2, 0) is 19.9 Å². The van der Waals surface area contributed by atoms with Crippen LogP contribution in [0.25, 0.3) is 0 Å². The molecule has 8 nitrogen and oxygen atoms in total. The monoisotopic (exact) mass is 258 g/mol. The second-order valence-electron chi connectivity index (χ2n) is 2.65. The van der Waals surface area contributed by atoms with E-state index < -0.39 is 10.4 Å². The SMILES string of the molecule is C=CC(=O)OC(C)N(C)C.N.O=S(=O)(O)O. The molecule has 0 aromatic rings. The molecule has 5 N–H and O–H groups in total. The molecule has 0 bridgehead atoms. The molecule has 0 heterocycles. The fourth-order valence-corrected chi connectivity index (χ4v) is 0.322. The molecular formula is C7H18N2O6S. The van der Waals surface area contributed by atoms with Crippen LogP contribution in [0.2, 0.25) is 0 Å². The number of hydrogen-bond donors (Lipinski definition) is 3. The van der Waals surface area contributed by atoms with Crippen molar-refractivity contribution in [2.24, 2.45) is 0 Å². The van der Waals surface area contributed by atoms with E-state index in [4.69, 9.17) is 22.3 Å². The van der Waals surface area contributed by atoms with Crippen molar-refractivity contribution in [1.82, 2.24) is 11.1 Å². The number of carbonyl (C=O) groups is 1. The minimum atomic E-state index is -4.67. The molecule has 16 heavy (non-hydrogen) atoms. The topological polar surface area (TPSA) is 139 Å². The molecule has 1 atom stereocenters. The summed E-state index contributed by atoms with van der Waals surface area (Å²) >= 11 is 0. The Morgan fingerprint density at radius 1 is 1.44 bits per heavy atom.